The van der Waals surface area contributed by atoms with Crippen molar-refractivity contribution >= 4 is 15.7 Å². The summed E-state index contributed by atoms with van der Waals surface area (Å²) < 4.78 is 69.2. The van der Waals surface area contributed by atoms with E-state index in [0.717, 1.165) is 31.2 Å². The van der Waals surface area contributed by atoms with Crippen LogP contribution in [0.1, 0.15) is 25.1 Å². The highest BCUT2D eigenvalue weighted by atomic mass is 32.2. The number of aromatic nitrogens is 3. The van der Waals surface area contributed by atoms with Gasteiger partial charge in [0, 0.05) is 25.1 Å². The van der Waals surface area contributed by atoms with E-state index >= 15 is 0 Å². The Labute approximate surface area is 184 Å². The van der Waals surface area contributed by atoms with Gasteiger partial charge in [-0.15, -0.1) is 10.2 Å². The highest BCUT2D eigenvalue weighted by Gasteiger charge is 2.23. The number of rotatable bonds is 6. The van der Waals surface area contributed by atoms with E-state index in [1.807, 2.05) is 0 Å². The number of ether oxygens (including phenoxy) is 2. The molecule has 2 heterocycles. The van der Waals surface area contributed by atoms with Crippen molar-refractivity contribution < 1.29 is 26.7 Å². The van der Waals surface area contributed by atoms with E-state index in [1.54, 1.807) is 4.57 Å². The molecule has 0 radical (unpaired) electrons. The molecule has 1 aromatic heterocycles. The molecular formula is C21H22F2N4O4S. The summed E-state index contributed by atoms with van der Waals surface area (Å²) in [6, 6.07) is 5.71. The lowest BCUT2D eigenvalue weighted by molar-refractivity contribution is 0.354. The van der Waals surface area contributed by atoms with Crippen molar-refractivity contribution in [1.29, 1.82) is 0 Å². The van der Waals surface area contributed by atoms with Gasteiger partial charge in [0.15, 0.2) is 17.3 Å². The Morgan fingerprint density at radius 1 is 0.969 bits per heavy atom. The Morgan fingerprint density at radius 3 is 2.50 bits per heavy atom. The number of benzene rings is 2. The Hall–Kier alpha value is -3.21. The number of halogens is 2. The van der Waals surface area contributed by atoms with Crippen molar-refractivity contribution in [1.82, 2.24) is 14.8 Å². The minimum absolute atomic E-state index is 0.0305. The van der Waals surface area contributed by atoms with E-state index in [1.165, 1.54) is 32.4 Å². The standard InChI is InChI=1S/C21H22F2N4O4S/c1-30-18-8-7-13(10-19(18)31-2)32(28,29)26-17-11-14(15(22)12-16(17)23)21-25-24-20-6-4-3-5-9-27(20)21/h7-8,10-12,26H,3-6,9H2,1-2H3. The van der Waals surface area contributed by atoms with Gasteiger partial charge in [0.05, 0.1) is 30.4 Å². The van der Waals surface area contributed by atoms with Crippen LogP contribution in [-0.2, 0) is 23.0 Å². The second-order valence-electron chi connectivity index (χ2n) is 7.34. The van der Waals surface area contributed by atoms with Gasteiger partial charge in [-0.25, -0.2) is 17.2 Å². The summed E-state index contributed by atoms with van der Waals surface area (Å²) >= 11 is 0. The Morgan fingerprint density at radius 2 is 1.75 bits per heavy atom. The second kappa shape index (κ2) is 8.73. The highest BCUT2D eigenvalue weighted by Crippen LogP contribution is 2.33. The van der Waals surface area contributed by atoms with Crippen LogP contribution < -0.4 is 14.2 Å². The molecule has 0 atom stereocenters. The predicted molar refractivity (Wildman–Crippen MR) is 113 cm³/mol. The Balaban J connectivity index is 1.72. The molecule has 2 aromatic carbocycles. The smallest absolute Gasteiger partial charge is 0.262 e. The third-order valence-corrected chi connectivity index (χ3v) is 6.68. The van der Waals surface area contributed by atoms with E-state index in [9.17, 15) is 17.2 Å². The maximum Gasteiger partial charge on any atom is 0.262 e. The Bertz CT molecular complexity index is 1260. The van der Waals surface area contributed by atoms with Gasteiger partial charge >= 0.3 is 0 Å². The molecule has 0 saturated carbocycles. The van der Waals surface area contributed by atoms with Crippen molar-refractivity contribution in [3.05, 3.63) is 47.8 Å². The van der Waals surface area contributed by atoms with Gasteiger partial charge in [-0.3, -0.25) is 4.72 Å². The number of nitrogens with zero attached hydrogens (tertiary/aromatic N) is 3. The fourth-order valence-corrected chi connectivity index (χ4v) is 4.74. The molecule has 32 heavy (non-hydrogen) atoms. The zero-order valence-corrected chi connectivity index (χ0v) is 18.4. The average Bonchev–Trinajstić information content (AvgIpc) is 3.02. The number of anilines is 1. The molecule has 170 valence electrons. The van der Waals surface area contributed by atoms with E-state index < -0.39 is 27.3 Å². The van der Waals surface area contributed by atoms with Crippen LogP contribution in [0.3, 0.4) is 0 Å². The molecule has 0 unspecified atom stereocenters. The van der Waals surface area contributed by atoms with E-state index in [4.69, 9.17) is 9.47 Å². The summed E-state index contributed by atoms with van der Waals surface area (Å²) in [5, 5.41) is 8.21. The second-order valence-corrected chi connectivity index (χ2v) is 9.02. The molecular weight excluding hydrogens is 442 g/mol. The largest absolute Gasteiger partial charge is 0.493 e. The van der Waals surface area contributed by atoms with Gasteiger partial charge in [0.25, 0.3) is 10.0 Å². The number of sulfonamides is 1. The lowest BCUT2D eigenvalue weighted by Crippen LogP contribution is -2.15. The SMILES string of the molecule is COc1ccc(S(=O)(=O)Nc2cc(-c3nnc4n3CCCCC4)c(F)cc2F)cc1OC. The number of hydrogen-bond donors (Lipinski definition) is 1. The molecule has 1 aliphatic heterocycles. The number of fused-ring (bicyclic) bond motifs is 1. The molecule has 4 rings (SSSR count). The topological polar surface area (TPSA) is 95.3 Å². The molecule has 0 aliphatic carbocycles. The molecule has 0 saturated heterocycles. The fourth-order valence-electron chi connectivity index (χ4n) is 3.67. The van der Waals surface area contributed by atoms with Crippen molar-refractivity contribution in [2.45, 2.75) is 37.1 Å². The summed E-state index contributed by atoms with van der Waals surface area (Å²) in [4.78, 5) is -0.170. The van der Waals surface area contributed by atoms with Crippen LogP contribution in [0.2, 0.25) is 0 Å². The molecule has 0 bridgehead atoms. The van der Waals surface area contributed by atoms with Crippen LogP contribution in [0.25, 0.3) is 11.4 Å². The number of nitrogens with one attached hydrogen (secondary N) is 1. The minimum Gasteiger partial charge on any atom is -0.493 e. The molecule has 3 aromatic rings. The molecule has 1 N–H and O–H groups in total. The van der Waals surface area contributed by atoms with Crippen molar-refractivity contribution in [3.63, 3.8) is 0 Å². The summed E-state index contributed by atoms with van der Waals surface area (Å²) in [5.74, 6) is -0.391. The molecule has 11 heteroatoms. The molecule has 0 amide bonds. The zero-order valence-electron chi connectivity index (χ0n) is 17.6. The third kappa shape index (κ3) is 4.12. The van der Waals surface area contributed by atoms with Gasteiger partial charge in [0.1, 0.15) is 17.5 Å². The summed E-state index contributed by atoms with van der Waals surface area (Å²) in [5.41, 5.74) is -0.431. The Kier molecular flexibility index (Phi) is 6.00. The van der Waals surface area contributed by atoms with Crippen LogP contribution in [0.15, 0.2) is 35.2 Å². The maximum absolute atomic E-state index is 14.7. The molecule has 0 spiro atoms. The van der Waals surface area contributed by atoms with Crippen molar-refractivity contribution in [3.8, 4) is 22.9 Å². The van der Waals surface area contributed by atoms with Gasteiger partial charge in [0.2, 0.25) is 0 Å². The van der Waals surface area contributed by atoms with E-state index in [-0.39, 0.29) is 22.0 Å². The van der Waals surface area contributed by atoms with Gasteiger partial charge in [-0.05, 0) is 31.0 Å². The van der Waals surface area contributed by atoms with Crippen LogP contribution in [-0.4, -0.2) is 37.4 Å². The monoisotopic (exact) mass is 464 g/mol. The first-order chi connectivity index (χ1) is 15.3. The fraction of sp³-hybridized carbons (Fsp3) is 0.333. The first kappa shape index (κ1) is 22.0. The predicted octanol–water partition coefficient (Wildman–Crippen LogP) is 3.77. The van der Waals surface area contributed by atoms with Crippen molar-refractivity contribution in [2.24, 2.45) is 0 Å². The maximum atomic E-state index is 14.7. The van der Waals surface area contributed by atoms with Crippen LogP contribution in [0.5, 0.6) is 11.5 Å². The first-order valence-electron chi connectivity index (χ1n) is 10.0. The number of aryl methyl sites for hydroxylation is 1. The average molecular weight is 464 g/mol. The summed E-state index contributed by atoms with van der Waals surface area (Å²) in [6.45, 7) is 0.612. The van der Waals surface area contributed by atoms with Gasteiger partial charge < -0.3 is 14.0 Å². The molecule has 0 fully saturated rings. The summed E-state index contributed by atoms with van der Waals surface area (Å²) in [6.07, 6.45) is 3.58. The number of methoxy groups -OCH3 is 2. The highest BCUT2D eigenvalue weighted by molar-refractivity contribution is 7.92. The zero-order chi connectivity index (χ0) is 22.9. The number of hydrogen-bond acceptors (Lipinski definition) is 6. The van der Waals surface area contributed by atoms with Crippen LogP contribution >= 0.6 is 0 Å². The quantitative estimate of drug-likeness (QED) is 0.597. The van der Waals surface area contributed by atoms with E-state index in [2.05, 4.69) is 14.9 Å². The van der Waals surface area contributed by atoms with Crippen LogP contribution in [0.4, 0.5) is 14.5 Å². The lowest BCUT2D eigenvalue weighted by Gasteiger charge is -2.14. The third-order valence-electron chi connectivity index (χ3n) is 5.32. The summed E-state index contributed by atoms with van der Waals surface area (Å²) in [7, 11) is -1.41. The van der Waals surface area contributed by atoms with Crippen LogP contribution in [0, 0.1) is 11.6 Å². The van der Waals surface area contributed by atoms with Gasteiger partial charge in [-0.1, -0.05) is 6.42 Å². The minimum atomic E-state index is -4.21. The van der Waals surface area contributed by atoms with Crippen molar-refractivity contribution in [2.75, 3.05) is 18.9 Å². The lowest BCUT2D eigenvalue weighted by atomic mass is 10.1. The van der Waals surface area contributed by atoms with Gasteiger partial charge in [-0.2, -0.15) is 0 Å². The molecule has 8 nitrogen and oxygen atoms in total. The van der Waals surface area contributed by atoms with E-state index in [0.29, 0.717) is 24.8 Å². The first-order valence-corrected chi connectivity index (χ1v) is 11.5. The normalized spacial score (nSPS) is 13.9. The molecule has 1 aliphatic rings.